The normalized spacial score (nSPS) is 10.7. The van der Waals surface area contributed by atoms with Crippen molar-refractivity contribution in [3.63, 3.8) is 0 Å². The number of methoxy groups -OCH3 is 2. The minimum Gasteiger partial charge on any atom is -0.493 e. The fourth-order valence-electron chi connectivity index (χ4n) is 2.83. The SMILES string of the molecule is COc1ccc(CCN(C)C(=O)c2cc3ccccc3[nH]2)cc1OC. The lowest BCUT2D eigenvalue weighted by molar-refractivity contribution is 0.0792. The molecule has 0 saturated heterocycles. The number of H-pyrrole nitrogens is 1. The molecule has 2 aromatic carbocycles. The van der Waals surface area contributed by atoms with Crippen LogP contribution < -0.4 is 9.47 Å². The third-order valence-electron chi connectivity index (χ3n) is 4.29. The number of nitrogens with one attached hydrogen (secondary N) is 1. The van der Waals surface area contributed by atoms with E-state index in [4.69, 9.17) is 9.47 Å². The average Bonchev–Trinajstić information content (AvgIpc) is 3.09. The molecule has 0 unspecified atom stereocenters. The largest absolute Gasteiger partial charge is 0.493 e. The van der Waals surface area contributed by atoms with E-state index in [-0.39, 0.29) is 5.91 Å². The number of para-hydroxylation sites is 1. The van der Waals surface area contributed by atoms with Gasteiger partial charge in [0.1, 0.15) is 5.69 Å². The van der Waals surface area contributed by atoms with E-state index >= 15 is 0 Å². The van der Waals surface area contributed by atoms with Crippen molar-refractivity contribution >= 4 is 16.8 Å². The molecule has 3 rings (SSSR count). The predicted molar refractivity (Wildman–Crippen MR) is 98.5 cm³/mol. The van der Waals surface area contributed by atoms with Gasteiger partial charge in [-0.3, -0.25) is 4.79 Å². The number of nitrogens with zero attached hydrogens (tertiary/aromatic N) is 1. The number of hydrogen-bond acceptors (Lipinski definition) is 3. The number of ether oxygens (including phenoxy) is 2. The molecule has 0 aliphatic rings. The quantitative estimate of drug-likeness (QED) is 0.748. The van der Waals surface area contributed by atoms with E-state index in [1.165, 1.54) is 0 Å². The van der Waals surface area contributed by atoms with Crippen LogP contribution in [-0.4, -0.2) is 43.6 Å². The average molecular weight is 338 g/mol. The monoisotopic (exact) mass is 338 g/mol. The van der Waals surface area contributed by atoms with E-state index in [1.807, 2.05) is 55.6 Å². The van der Waals surface area contributed by atoms with Gasteiger partial charge in [0.2, 0.25) is 0 Å². The molecule has 0 atom stereocenters. The van der Waals surface area contributed by atoms with Crippen molar-refractivity contribution < 1.29 is 14.3 Å². The van der Waals surface area contributed by atoms with Crippen LogP contribution in [0.5, 0.6) is 11.5 Å². The Bertz CT molecular complexity index is 853. The maximum Gasteiger partial charge on any atom is 0.270 e. The molecule has 0 radical (unpaired) electrons. The van der Waals surface area contributed by atoms with Crippen LogP contribution in [0.3, 0.4) is 0 Å². The van der Waals surface area contributed by atoms with Crippen LogP contribution in [0.15, 0.2) is 48.5 Å². The van der Waals surface area contributed by atoms with Gasteiger partial charge in [0.05, 0.1) is 14.2 Å². The summed E-state index contributed by atoms with van der Waals surface area (Å²) in [4.78, 5) is 17.5. The molecule has 25 heavy (non-hydrogen) atoms. The van der Waals surface area contributed by atoms with Crippen LogP contribution in [-0.2, 0) is 6.42 Å². The number of rotatable bonds is 6. The van der Waals surface area contributed by atoms with Crippen molar-refractivity contribution in [3.8, 4) is 11.5 Å². The molecule has 1 aromatic heterocycles. The second-order valence-corrected chi connectivity index (χ2v) is 5.94. The number of carbonyl (C=O) groups is 1. The van der Waals surface area contributed by atoms with Gasteiger partial charge in [-0.1, -0.05) is 24.3 Å². The molecule has 5 nitrogen and oxygen atoms in total. The minimum absolute atomic E-state index is 0.0170. The zero-order valence-corrected chi connectivity index (χ0v) is 14.7. The molecule has 1 N–H and O–H groups in total. The van der Waals surface area contributed by atoms with Gasteiger partial charge in [0, 0.05) is 24.5 Å². The molecule has 0 fully saturated rings. The van der Waals surface area contributed by atoms with Crippen LogP contribution in [0.25, 0.3) is 10.9 Å². The van der Waals surface area contributed by atoms with Gasteiger partial charge in [0.15, 0.2) is 11.5 Å². The summed E-state index contributed by atoms with van der Waals surface area (Å²) in [5.41, 5.74) is 2.67. The van der Waals surface area contributed by atoms with Gasteiger partial charge < -0.3 is 19.4 Å². The maximum atomic E-state index is 12.6. The second-order valence-electron chi connectivity index (χ2n) is 5.94. The first-order valence-corrected chi connectivity index (χ1v) is 8.16. The Balaban J connectivity index is 1.67. The zero-order chi connectivity index (χ0) is 17.8. The molecule has 0 spiro atoms. The number of carbonyl (C=O) groups excluding carboxylic acids is 1. The molecule has 3 aromatic rings. The minimum atomic E-state index is -0.0170. The second kappa shape index (κ2) is 7.30. The third-order valence-corrected chi connectivity index (χ3v) is 4.29. The smallest absolute Gasteiger partial charge is 0.270 e. The van der Waals surface area contributed by atoms with Crippen molar-refractivity contribution in [3.05, 3.63) is 59.8 Å². The lowest BCUT2D eigenvalue weighted by Gasteiger charge is -2.17. The van der Waals surface area contributed by atoms with E-state index in [0.717, 1.165) is 22.9 Å². The summed E-state index contributed by atoms with van der Waals surface area (Å²) in [5.74, 6) is 1.38. The Hall–Kier alpha value is -2.95. The summed E-state index contributed by atoms with van der Waals surface area (Å²) in [6.07, 6.45) is 0.739. The Kier molecular flexibility index (Phi) is 4.93. The van der Waals surface area contributed by atoms with Crippen LogP contribution >= 0.6 is 0 Å². The van der Waals surface area contributed by atoms with Gasteiger partial charge in [-0.05, 0) is 36.2 Å². The number of benzene rings is 2. The number of likely N-dealkylation sites (N-methyl/N-ethyl adjacent to an activating group) is 1. The summed E-state index contributed by atoms with van der Waals surface area (Å²) in [6, 6.07) is 15.6. The Morgan fingerprint density at radius 3 is 2.52 bits per heavy atom. The zero-order valence-electron chi connectivity index (χ0n) is 14.7. The number of aromatic nitrogens is 1. The molecular weight excluding hydrogens is 316 g/mol. The topological polar surface area (TPSA) is 54.6 Å². The van der Waals surface area contributed by atoms with Crippen molar-refractivity contribution in [1.29, 1.82) is 0 Å². The first kappa shape index (κ1) is 16.9. The highest BCUT2D eigenvalue weighted by Gasteiger charge is 2.14. The van der Waals surface area contributed by atoms with E-state index in [9.17, 15) is 4.79 Å². The Morgan fingerprint density at radius 1 is 1.04 bits per heavy atom. The lowest BCUT2D eigenvalue weighted by atomic mass is 10.1. The van der Waals surface area contributed by atoms with Gasteiger partial charge in [-0.25, -0.2) is 0 Å². The molecule has 0 aliphatic heterocycles. The number of aromatic amines is 1. The van der Waals surface area contributed by atoms with Crippen LogP contribution in [0.1, 0.15) is 16.1 Å². The summed E-state index contributed by atoms with van der Waals surface area (Å²) in [5, 5.41) is 1.04. The van der Waals surface area contributed by atoms with Crippen molar-refractivity contribution in [2.24, 2.45) is 0 Å². The first-order valence-electron chi connectivity index (χ1n) is 8.16. The molecule has 130 valence electrons. The van der Waals surface area contributed by atoms with Gasteiger partial charge in [0.25, 0.3) is 5.91 Å². The van der Waals surface area contributed by atoms with E-state index < -0.39 is 0 Å². The highest BCUT2D eigenvalue weighted by Crippen LogP contribution is 2.27. The molecule has 5 heteroatoms. The standard InChI is InChI=1S/C20H22N2O3/c1-22(11-10-14-8-9-18(24-2)19(12-14)25-3)20(23)17-13-15-6-4-5-7-16(15)21-17/h4-9,12-13,21H,10-11H2,1-3H3. The third kappa shape index (κ3) is 3.60. The predicted octanol–water partition coefficient (Wildman–Crippen LogP) is 3.50. The summed E-state index contributed by atoms with van der Waals surface area (Å²) < 4.78 is 10.6. The van der Waals surface area contributed by atoms with Gasteiger partial charge >= 0.3 is 0 Å². The lowest BCUT2D eigenvalue weighted by Crippen LogP contribution is -2.29. The molecular formula is C20H22N2O3. The van der Waals surface area contributed by atoms with Crippen molar-refractivity contribution in [2.75, 3.05) is 27.8 Å². The number of hydrogen-bond donors (Lipinski definition) is 1. The van der Waals surface area contributed by atoms with E-state index in [1.54, 1.807) is 19.1 Å². The Labute approximate surface area is 147 Å². The number of amides is 1. The van der Waals surface area contributed by atoms with Gasteiger partial charge in [-0.15, -0.1) is 0 Å². The van der Waals surface area contributed by atoms with Crippen LogP contribution in [0, 0.1) is 0 Å². The molecule has 0 bridgehead atoms. The first-order chi connectivity index (χ1) is 12.1. The fraction of sp³-hybridized carbons (Fsp3) is 0.250. The van der Waals surface area contributed by atoms with Crippen LogP contribution in [0.4, 0.5) is 0 Å². The highest BCUT2D eigenvalue weighted by atomic mass is 16.5. The van der Waals surface area contributed by atoms with E-state index in [2.05, 4.69) is 4.98 Å². The highest BCUT2D eigenvalue weighted by molar-refractivity contribution is 5.97. The number of fused-ring (bicyclic) bond motifs is 1. The summed E-state index contributed by atoms with van der Waals surface area (Å²) >= 11 is 0. The van der Waals surface area contributed by atoms with E-state index in [0.29, 0.717) is 23.7 Å². The molecule has 0 saturated carbocycles. The molecule has 1 heterocycles. The van der Waals surface area contributed by atoms with Crippen molar-refractivity contribution in [1.82, 2.24) is 9.88 Å². The summed E-state index contributed by atoms with van der Waals surface area (Å²) in [7, 11) is 5.05. The maximum absolute atomic E-state index is 12.6. The Morgan fingerprint density at radius 2 is 1.80 bits per heavy atom. The van der Waals surface area contributed by atoms with Crippen LogP contribution in [0.2, 0.25) is 0 Å². The fourth-order valence-corrected chi connectivity index (χ4v) is 2.83. The summed E-state index contributed by atoms with van der Waals surface area (Å²) in [6.45, 7) is 0.615. The van der Waals surface area contributed by atoms with Gasteiger partial charge in [-0.2, -0.15) is 0 Å². The molecule has 1 amide bonds. The van der Waals surface area contributed by atoms with Crippen molar-refractivity contribution in [2.45, 2.75) is 6.42 Å². The molecule has 0 aliphatic carbocycles.